The van der Waals surface area contributed by atoms with Gasteiger partial charge in [-0.1, -0.05) is 6.92 Å². The van der Waals surface area contributed by atoms with E-state index >= 15 is 0 Å². The van der Waals surface area contributed by atoms with Gasteiger partial charge in [0.2, 0.25) is 0 Å². The molecule has 0 amide bonds. The summed E-state index contributed by atoms with van der Waals surface area (Å²) in [6.45, 7) is 7.84. The van der Waals surface area contributed by atoms with Gasteiger partial charge in [0.1, 0.15) is 6.33 Å². The Balaban J connectivity index is 2.33. The number of hydrogen-bond acceptors (Lipinski definition) is 3. The highest BCUT2D eigenvalue weighted by molar-refractivity contribution is 5.20. The third kappa shape index (κ3) is 1.52. The minimum atomic E-state index is 0.157. The van der Waals surface area contributed by atoms with Crippen LogP contribution in [0.4, 0.5) is 0 Å². The van der Waals surface area contributed by atoms with Crippen LogP contribution in [0.5, 0.6) is 0 Å². The van der Waals surface area contributed by atoms with Gasteiger partial charge in [-0.05, 0) is 31.9 Å². The monoisotopic (exact) mass is 191 g/mol. The molecule has 1 N–H and O–H groups in total. The Bertz CT molecular complexity index is 308. The minimum absolute atomic E-state index is 0.157. The van der Waals surface area contributed by atoms with E-state index in [0.717, 1.165) is 6.54 Å². The normalized spacial score (nSPS) is 30.5. The first-order chi connectivity index (χ1) is 6.61. The van der Waals surface area contributed by atoms with Crippen molar-refractivity contribution in [1.82, 2.24) is 15.3 Å². The fourth-order valence-corrected chi connectivity index (χ4v) is 2.58. The molecule has 1 aliphatic heterocycles. The fourth-order valence-electron chi connectivity index (χ4n) is 2.58. The van der Waals surface area contributed by atoms with E-state index in [1.165, 1.54) is 5.56 Å². The SMILES string of the molecule is CC1CNC(C)(C)C1c1cncnc1. The van der Waals surface area contributed by atoms with E-state index in [9.17, 15) is 0 Å². The summed E-state index contributed by atoms with van der Waals surface area (Å²) < 4.78 is 0. The Kier molecular flexibility index (Phi) is 2.27. The predicted molar refractivity (Wildman–Crippen MR) is 56.0 cm³/mol. The van der Waals surface area contributed by atoms with Crippen LogP contribution in [0.25, 0.3) is 0 Å². The molecule has 3 nitrogen and oxygen atoms in total. The Labute approximate surface area is 85.0 Å². The quantitative estimate of drug-likeness (QED) is 0.732. The van der Waals surface area contributed by atoms with Gasteiger partial charge in [0, 0.05) is 23.9 Å². The Morgan fingerprint density at radius 2 is 2.00 bits per heavy atom. The molecule has 1 fully saturated rings. The molecule has 0 saturated carbocycles. The Hall–Kier alpha value is -0.960. The maximum absolute atomic E-state index is 4.09. The minimum Gasteiger partial charge on any atom is -0.311 e. The highest BCUT2D eigenvalue weighted by Gasteiger charge is 2.40. The summed E-state index contributed by atoms with van der Waals surface area (Å²) in [5.74, 6) is 1.17. The van der Waals surface area contributed by atoms with Crippen LogP contribution >= 0.6 is 0 Å². The second-order valence-corrected chi connectivity index (χ2v) is 4.73. The van der Waals surface area contributed by atoms with Gasteiger partial charge in [0.15, 0.2) is 0 Å². The van der Waals surface area contributed by atoms with Crippen LogP contribution in [0.15, 0.2) is 18.7 Å². The second-order valence-electron chi connectivity index (χ2n) is 4.73. The van der Waals surface area contributed by atoms with Crippen LogP contribution in [0.2, 0.25) is 0 Å². The second kappa shape index (κ2) is 3.31. The van der Waals surface area contributed by atoms with Gasteiger partial charge >= 0.3 is 0 Å². The van der Waals surface area contributed by atoms with Crippen molar-refractivity contribution in [3.8, 4) is 0 Å². The van der Waals surface area contributed by atoms with Crippen LogP contribution in [-0.4, -0.2) is 22.1 Å². The molecule has 0 bridgehead atoms. The first-order valence-corrected chi connectivity index (χ1v) is 5.11. The molecule has 0 aromatic carbocycles. The molecule has 1 saturated heterocycles. The van der Waals surface area contributed by atoms with Gasteiger partial charge in [0.25, 0.3) is 0 Å². The molecule has 76 valence electrons. The van der Waals surface area contributed by atoms with E-state index in [1.807, 2.05) is 12.4 Å². The fraction of sp³-hybridized carbons (Fsp3) is 0.636. The molecular formula is C11H17N3. The van der Waals surface area contributed by atoms with Gasteiger partial charge in [-0.2, -0.15) is 0 Å². The zero-order valence-electron chi connectivity index (χ0n) is 8.99. The summed E-state index contributed by atoms with van der Waals surface area (Å²) >= 11 is 0. The number of rotatable bonds is 1. The van der Waals surface area contributed by atoms with E-state index in [2.05, 4.69) is 36.1 Å². The highest BCUT2D eigenvalue weighted by atomic mass is 15.0. The number of nitrogens with zero attached hydrogens (tertiary/aromatic N) is 2. The van der Waals surface area contributed by atoms with Crippen molar-refractivity contribution in [1.29, 1.82) is 0 Å². The topological polar surface area (TPSA) is 37.8 Å². The molecule has 0 spiro atoms. The van der Waals surface area contributed by atoms with Gasteiger partial charge in [-0.15, -0.1) is 0 Å². The molecule has 2 atom stereocenters. The lowest BCUT2D eigenvalue weighted by Crippen LogP contribution is -2.37. The van der Waals surface area contributed by atoms with Gasteiger partial charge in [-0.25, -0.2) is 9.97 Å². The van der Waals surface area contributed by atoms with Crippen LogP contribution in [0.3, 0.4) is 0 Å². The van der Waals surface area contributed by atoms with E-state index in [-0.39, 0.29) is 5.54 Å². The van der Waals surface area contributed by atoms with Gasteiger partial charge < -0.3 is 5.32 Å². The van der Waals surface area contributed by atoms with Crippen molar-refractivity contribution in [2.24, 2.45) is 5.92 Å². The lowest BCUT2D eigenvalue weighted by molar-refractivity contribution is 0.384. The van der Waals surface area contributed by atoms with Crippen molar-refractivity contribution in [3.63, 3.8) is 0 Å². The summed E-state index contributed by atoms with van der Waals surface area (Å²) in [5, 5.41) is 3.54. The van der Waals surface area contributed by atoms with E-state index in [4.69, 9.17) is 0 Å². The lowest BCUT2D eigenvalue weighted by Gasteiger charge is -2.28. The highest BCUT2D eigenvalue weighted by Crippen LogP contribution is 2.38. The van der Waals surface area contributed by atoms with Gasteiger partial charge in [0.05, 0.1) is 0 Å². The van der Waals surface area contributed by atoms with E-state index in [0.29, 0.717) is 11.8 Å². The van der Waals surface area contributed by atoms with Crippen molar-refractivity contribution >= 4 is 0 Å². The van der Waals surface area contributed by atoms with Crippen molar-refractivity contribution < 1.29 is 0 Å². The molecule has 2 rings (SSSR count). The molecule has 0 aliphatic carbocycles. The molecular weight excluding hydrogens is 174 g/mol. The number of aromatic nitrogens is 2. The maximum atomic E-state index is 4.09. The zero-order valence-corrected chi connectivity index (χ0v) is 8.99. The molecule has 1 aromatic rings. The molecule has 2 unspecified atom stereocenters. The maximum Gasteiger partial charge on any atom is 0.115 e. The molecule has 1 aromatic heterocycles. The van der Waals surface area contributed by atoms with Crippen LogP contribution in [-0.2, 0) is 0 Å². The van der Waals surface area contributed by atoms with Crippen LogP contribution < -0.4 is 5.32 Å². The Morgan fingerprint density at radius 3 is 2.50 bits per heavy atom. The first kappa shape index (κ1) is 9.59. The molecule has 3 heteroatoms. The largest absolute Gasteiger partial charge is 0.311 e. The third-order valence-corrected chi connectivity index (χ3v) is 3.17. The Morgan fingerprint density at radius 1 is 1.36 bits per heavy atom. The molecule has 14 heavy (non-hydrogen) atoms. The lowest BCUT2D eigenvalue weighted by atomic mass is 9.79. The van der Waals surface area contributed by atoms with Crippen LogP contribution in [0.1, 0.15) is 32.3 Å². The summed E-state index contributed by atoms with van der Waals surface area (Å²) in [6.07, 6.45) is 5.45. The first-order valence-electron chi connectivity index (χ1n) is 5.11. The summed E-state index contributed by atoms with van der Waals surface area (Å²) in [6, 6.07) is 0. The predicted octanol–water partition coefficient (Wildman–Crippen LogP) is 1.58. The number of nitrogens with one attached hydrogen (secondary N) is 1. The van der Waals surface area contributed by atoms with E-state index in [1.54, 1.807) is 6.33 Å². The molecule has 2 heterocycles. The van der Waals surface area contributed by atoms with E-state index < -0.39 is 0 Å². The molecule has 1 aliphatic rings. The summed E-state index contributed by atoms with van der Waals surface area (Å²) in [7, 11) is 0. The van der Waals surface area contributed by atoms with Crippen molar-refractivity contribution in [2.75, 3.05) is 6.54 Å². The van der Waals surface area contributed by atoms with Crippen molar-refractivity contribution in [3.05, 3.63) is 24.3 Å². The summed E-state index contributed by atoms with van der Waals surface area (Å²) in [4.78, 5) is 8.18. The van der Waals surface area contributed by atoms with Crippen molar-refractivity contribution in [2.45, 2.75) is 32.2 Å². The average Bonchev–Trinajstić information content (AvgIpc) is 2.42. The zero-order chi connectivity index (χ0) is 10.2. The van der Waals surface area contributed by atoms with Crippen LogP contribution in [0, 0.1) is 5.92 Å². The number of hydrogen-bond donors (Lipinski definition) is 1. The standard InChI is InChI=1S/C11H17N3/c1-8-4-14-11(2,3)10(8)9-5-12-7-13-6-9/h5-8,10,14H,4H2,1-3H3. The molecule has 0 radical (unpaired) electrons. The average molecular weight is 191 g/mol. The summed E-state index contributed by atoms with van der Waals surface area (Å²) in [5.41, 5.74) is 1.40. The third-order valence-electron chi connectivity index (χ3n) is 3.17. The smallest absolute Gasteiger partial charge is 0.115 e. The van der Waals surface area contributed by atoms with Gasteiger partial charge in [-0.3, -0.25) is 0 Å².